The van der Waals surface area contributed by atoms with Crippen LogP contribution in [-0.4, -0.2) is 98.8 Å². The third-order valence-electron chi connectivity index (χ3n) is 5.76. The molecule has 3 rings (SSSR count). The van der Waals surface area contributed by atoms with E-state index in [0.717, 1.165) is 25.9 Å². The van der Waals surface area contributed by atoms with Crippen LogP contribution >= 0.6 is 11.8 Å². The van der Waals surface area contributed by atoms with Crippen LogP contribution in [0.15, 0.2) is 35.2 Å². The normalized spacial score (nSPS) is 18.9. The Kier molecular flexibility index (Phi) is 8.76. The summed E-state index contributed by atoms with van der Waals surface area (Å²) in [5.41, 5.74) is 0. The molecule has 1 N–H and O–H groups in total. The molecule has 2 fully saturated rings. The molecule has 8 nitrogen and oxygen atoms in total. The molecular formula is C21H32N4O4S2. The van der Waals surface area contributed by atoms with Crippen molar-refractivity contribution in [1.82, 2.24) is 19.4 Å². The first-order valence-corrected chi connectivity index (χ1v) is 13.6. The van der Waals surface area contributed by atoms with E-state index in [9.17, 15) is 18.0 Å². The van der Waals surface area contributed by atoms with Crippen LogP contribution in [-0.2, 0) is 19.6 Å². The van der Waals surface area contributed by atoms with E-state index in [4.69, 9.17) is 0 Å². The number of hydrogen-bond acceptors (Lipinski definition) is 6. The van der Waals surface area contributed by atoms with Gasteiger partial charge in [0.15, 0.2) is 0 Å². The first-order valence-electron chi connectivity index (χ1n) is 10.8. The van der Waals surface area contributed by atoms with E-state index in [0.29, 0.717) is 44.9 Å². The van der Waals surface area contributed by atoms with Crippen LogP contribution in [0.2, 0.25) is 0 Å². The fourth-order valence-electron chi connectivity index (χ4n) is 3.93. The lowest BCUT2D eigenvalue weighted by Gasteiger charge is -2.36. The molecule has 0 aromatic heterocycles. The van der Waals surface area contributed by atoms with Gasteiger partial charge in [-0.2, -0.15) is 16.5 Å². The molecule has 2 saturated heterocycles. The number of rotatable bonds is 9. The highest BCUT2D eigenvalue weighted by atomic mass is 32.2. The van der Waals surface area contributed by atoms with Crippen molar-refractivity contribution in [2.45, 2.75) is 30.2 Å². The second-order valence-electron chi connectivity index (χ2n) is 7.96. The molecule has 2 aliphatic rings. The fraction of sp³-hybridized carbons (Fsp3) is 0.619. The van der Waals surface area contributed by atoms with Gasteiger partial charge >= 0.3 is 0 Å². The molecule has 0 radical (unpaired) electrons. The lowest BCUT2D eigenvalue weighted by molar-refractivity contribution is -0.136. The molecule has 1 aromatic carbocycles. The summed E-state index contributed by atoms with van der Waals surface area (Å²) in [5, 5.41) is 0. The number of likely N-dealkylation sites (tertiary alicyclic amines) is 1. The number of amides is 2. The van der Waals surface area contributed by atoms with Gasteiger partial charge in [0.2, 0.25) is 21.8 Å². The SMILES string of the molecule is CSCCC(NS(=O)(=O)c1ccccc1)C(=O)N1CCN(CC(=O)N2CCCC2)CC1. The Labute approximate surface area is 189 Å². The summed E-state index contributed by atoms with van der Waals surface area (Å²) < 4.78 is 28.1. The monoisotopic (exact) mass is 468 g/mol. The Morgan fingerprint density at radius 3 is 2.26 bits per heavy atom. The van der Waals surface area contributed by atoms with Crippen LogP contribution in [0.4, 0.5) is 0 Å². The van der Waals surface area contributed by atoms with E-state index in [1.165, 1.54) is 12.1 Å². The first-order chi connectivity index (χ1) is 14.9. The molecule has 0 bridgehead atoms. The van der Waals surface area contributed by atoms with Gasteiger partial charge in [0.25, 0.3) is 0 Å². The zero-order chi connectivity index (χ0) is 22.3. The zero-order valence-corrected chi connectivity index (χ0v) is 19.7. The number of nitrogens with one attached hydrogen (secondary N) is 1. The molecule has 1 atom stereocenters. The second kappa shape index (κ2) is 11.3. The number of thioether (sulfide) groups is 1. The molecule has 2 heterocycles. The van der Waals surface area contributed by atoms with Gasteiger partial charge in [0.1, 0.15) is 6.04 Å². The Hall–Kier alpha value is -1.62. The van der Waals surface area contributed by atoms with Gasteiger partial charge in [-0.05, 0) is 43.4 Å². The quantitative estimate of drug-likeness (QED) is 0.578. The predicted octanol–water partition coefficient (Wildman–Crippen LogP) is 0.853. The topological polar surface area (TPSA) is 90.0 Å². The first kappa shape index (κ1) is 24.0. The summed E-state index contributed by atoms with van der Waals surface area (Å²) in [7, 11) is -3.78. The van der Waals surface area contributed by atoms with Gasteiger partial charge < -0.3 is 9.80 Å². The molecule has 0 saturated carbocycles. The minimum Gasteiger partial charge on any atom is -0.342 e. The van der Waals surface area contributed by atoms with Gasteiger partial charge in [0.05, 0.1) is 11.4 Å². The Bertz CT molecular complexity index is 836. The van der Waals surface area contributed by atoms with E-state index in [2.05, 4.69) is 9.62 Å². The van der Waals surface area contributed by atoms with Crippen molar-refractivity contribution in [1.29, 1.82) is 0 Å². The molecule has 172 valence electrons. The van der Waals surface area contributed by atoms with Crippen LogP contribution < -0.4 is 4.72 Å². The highest BCUT2D eigenvalue weighted by Gasteiger charge is 2.31. The third-order valence-corrected chi connectivity index (χ3v) is 7.89. The highest BCUT2D eigenvalue weighted by molar-refractivity contribution is 7.98. The maximum Gasteiger partial charge on any atom is 0.241 e. The zero-order valence-electron chi connectivity index (χ0n) is 18.0. The maximum absolute atomic E-state index is 13.1. The summed E-state index contributed by atoms with van der Waals surface area (Å²) in [5.74, 6) is 0.641. The van der Waals surface area contributed by atoms with E-state index >= 15 is 0 Å². The van der Waals surface area contributed by atoms with Crippen molar-refractivity contribution in [3.63, 3.8) is 0 Å². The second-order valence-corrected chi connectivity index (χ2v) is 10.7. The average molecular weight is 469 g/mol. The van der Waals surface area contributed by atoms with Gasteiger partial charge in [-0.25, -0.2) is 8.42 Å². The van der Waals surface area contributed by atoms with Crippen molar-refractivity contribution in [2.24, 2.45) is 0 Å². The van der Waals surface area contributed by atoms with E-state index in [1.807, 2.05) is 11.2 Å². The van der Waals surface area contributed by atoms with Crippen molar-refractivity contribution < 1.29 is 18.0 Å². The minimum atomic E-state index is -3.78. The van der Waals surface area contributed by atoms with Gasteiger partial charge in [-0.1, -0.05) is 18.2 Å². The number of sulfonamides is 1. The molecule has 1 unspecified atom stereocenters. The molecular weight excluding hydrogens is 436 g/mol. The Morgan fingerprint density at radius 1 is 1.00 bits per heavy atom. The summed E-state index contributed by atoms with van der Waals surface area (Å²) in [6.07, 6.45) is 4.51. The van der Waals surface area contributed by atoms with Crippen LogP contribution in [0.25, 0.3) is 0 Å². The number of carbonyl (C=O) groups is 2. The van der Waals surface area contributed by atoms with Crippen LogP contribution in [0.3, 0.4) is 0 Å². The maximum atomic E-state index is 13.1. The number of hydrogen-bond donors (Lipinski definition) is 1. The van der Waals surface area contributed by atoms with Crippen molar-refractivity contribution in [3.05, 3.63) is 30.3 Å². The minimum absolute atomic E-state index is 0.155. The van der Waals surface area contributed by atoms with Crippen LogP contribution in [0, 0.1) is 0 Å². The molecule has 0 spiro atoms. The summed E-state index contributed by atoms with van der Waals surface area (Å²) in [6.45, 7) is 4.30. The molecule has 2 aliphatic heterocycles. The number of carbonyl (C=O) groups excluding carboxylic acids is 2. The van der Waals surface area contributed by atoms with E-state index in [-0.39, 0.29) is 16.7 Å². The van der Waals surface area contributed by atoms with Gasteiger partial charge in [-0.15, -0.1) is 0 Å². The van der Waals surface area contributed by atoms with Gasteiger partial charge in [-0.3, -0.25) is 14.5 Å². The Morgan fingerprint density at radius 2 is 1.65 bits per heavy atom. The third kappa shape index (κ3) is 6.68. The van der Waals surface area contributed by atoms with E-state index in [1.54, 1.807) is 34.9 Å². The molecule has 31 heavy (non-hydrogen) atoms. The predicted molar refractivity (Wildman–Crippen MR) is 122 cm³/mol. The van der Waals surface area contributed by atoms with Gasteiger partial charge in [0, 0.05) is 39.3 Å². The lowest BCUT2D eigenvalue weighted by atomic mass is 10.2. The molecule has 2 amide bonds. The highest BCUT2D eigenvalue weighted by Crippen LogP contribution is 2.14. The number of piperazine rings is 1. The summed E-state index contributed by atoms with van der Waals surface area (Å²) >= 11 is 1.58. The lowest BCUT2D eigenvalue weighted by Crippen LogP contribution is -2.56. The average Bonchev–Trinajstić information content (AvgIpc) is 3.32. The summed E-state index contributed by atoms with van der Waals surface area (Å²) in [4.78, 5) is 31.4. The van der Waals surface area contributed by atoms with Crippen LogP contribution in [0.1, 0.15) is 19.3 Å². The van der Waals surface area contributed by atoms with E-state index < -0.39 is 16.1 Å². The largest absolute Gasteiger partial charge is 0.342 e. The van der Waals surface area contributed by atoms with Crippen molar-refractivity contribution >= 4 is 33.6 Å². The number of nitrogens with zero attached hydrogens (tertiary/aromatic N) is 3. The van der Waals surface area contributed by atoms with Crippen molar-refractivity contribution in [3.8, 4) is 0 Å². The molecule has 0 aliphatic carbocycles. The summed E-state index contributed by atoms with van der Waals surface area (Å²) in [6, 6.07) is 7.33. The molecule has 1 aromatic rings. The van der Waals surface area contributed by atoms with Crippen LogP contribution in [0.5, 0.6) is 0 Å². The standard InChI is InChI=1S/C21H32N4O4S2/c1-30-16-9-19(22-31(28,29)18-7-3-2-4-8-18)21(27)25-14-12-23(13-15-25)17-20(26)24-10-5-6-11-24/h2-4,7-8,19,22H,5-6,9-17H2,1H3. The molecule has 10 heteroatoms. The smallest absolute Gasteiger partial charge is 0.241 e. The van der Waals surface area contributed by atoms with Crippen molar-refractivity contribution in [2.75, 3.05) is 57.8 Å². The fourth-order valence-corrected chi connectivity index (χ4v) is 5.64. The Balaban J connectivity index is 1.57. The number of benzene rings is 1.